The molecule has 1 saturated carbocycles. The number of hydrogen-bond donors (Lipinski definition) is 4. The monoisotopic (exact) mass is 287 g/mol. The van der Waals surface area contributed by atoms with Gasteiger partial charge in [0.2, 0.25) is 0 Å². The first-order valence-corrected chi connectivity index (χ1v) is 5.93. The van der Waals surface area contributed by atoms with Gasteiger partial charge in [0, 0.05) is 6.20 Å². The van der Waals surface area contributed by atoms with Gasteiger partial charge in [-0.05, 0) is 13.0 Å². The molecule has 0 spiro atoms. The van der Waals surface area contributed by atoms with Gasteiger partial charge in [-0.25, -0.2) is 9.18 Å². The maximum Gasteiger partial charge on any atom is 0.351 e. The molecule has 5 N–H and O–H groups in total. The molecule has 2 fully saturated rings. The third kappa shape index (κ3) is 1.19. The minimum absolute atomic E-state index is 0.0204. The van der Waals surface area contributed by atoms with E-state index in [1.165, 1.54) is 12.3 Å². The number of aliphatic hydroxyl groups excluding tert-OH is 1. The third-order valence-corrected chi connectivity index (χ3v) is 4.28. The van der Waals surface area contributed by atoms with Gasteiger partial charge in [0.25, 0.3) is 0 Å². The van der Waals surface area contributed by atoms with E-state index in [0.29, 0.717) is 0 Å². The lowest BCUT2D eigenvalue weighted by atomic mass is 9.94. The van der Waals surface area contributed by atoms with Gasteiger partial charge in [-0.1, -0.05) is 0 Å². The number of halogens is 1. The lowest BCUT2D eigenvalue weighted by molar-refractivity contribution is -0.168. The molecule has 1 aliphatic carbocycles. The molecule has 0 aromatic carbocycles. The first kappa shape index (κ1) is 13.4. The number of alkyl halides is 1. The highest BCUT2D eigenvalue weighted by atomic mass is 19.1. The van der Waals surface area contributed by atoms with Gasteiger partial charge in [0.05, 0.1) is 0 Å². The van der Waals surface area contributed by atoms with Crippen LogP contribution in [0.15, 0.2) is 17.1 Å². The molecule has 1 aliphatic heterocycles. The van der Waals surface area contributed by atoms with E-state index in [4.69, 9.17) is 10.5 Å². The van der Waals surface area contributed by atoms with Crippen molar-refractivity contribution in [2.75, 3.05) is 12.4 Å². The molecule has 0 bridgehead atoms. The van der Waals surface area contributed by atoms with E-state index in [9.17, 15) is 24.5 Å². The Kier molecular flexibility index (Phi) is 2.39. The molecule has 1 aromatic rings. The number of nitrogen functional groups attached to an aromatic ring is 1. The normalized spacial score (nSPS) is 46.2. The Morgan fingerprint density at radius 3 is 2.75 bits per heavy atom. The van der Waals surface area contributed by atoms with Crippen LogP contribution in [-0.4, -0.2) is 54.5 Å². The van der Waals surface area contributed by atoms with Crippen LogP contribution < -0.4 is 11.4 Å². The molecule has 2 heterocycles. The summed E-state index contributed by atoms with van der Waals surface area (Å²) in [5, 5.41) is 30.4. The number of aliphatic hydroxyl groups is 3. The molecule has 1 unspecified atom stereocenters. The second kappa shape index (κ2) is 3.55. The molecule has 5 atom stereocenters. The predicted octanol–water partition coefficient (Wildman–Crippen LogP) is -2.08. The van der Waals surface area contributed by atoms with Crippen molar-refractivity contribution in [2.24, 2.45) is 0 Å². The zero-order chi connectivity index (χ0) is 14.9. The maximum atomic E-state index is 13.1. The van der Waals surface area contributed by atoms with Gasteiger partial charge in [-0.2, -0.15) is 4.98 Å². The summed E-state index contributed by atoms with van der Waals surface area (Å²) in [6.07, 6.45) is -1.73. The zero-order valence-corrected chi connectivity index (χ0v) is 10.5. The summed E-state index contributed by atoms with van der Waals surface area (Å²) in [7, 11) is 0. The summed E-state index contributed by atoms with van der Waals surface area (Å²) in [5.41, 5.74) is -1.64. The molecule has 1 aromatic heterocycles. The number of nitrogens with two attached hydrogens (primary N) is 1. The van der Waals surface area contributed by atoms with Crippen LogP contribution in [0, 0.1) is 0 Å². The molecule has 9 heteroatoms. The van der Waals surface area contributed by atoms with Crippen LogP contribution in [0.5, 0.6) is 0 Å². The van der Waals surface area contributed by atoms with E-state index in [-0.39, 0.29) is 5.82 Å². The fraction of sp³-hybridized carbons (Fsp3) is 0.636. The predicted molar refractivity (Wildman–Crippen MR) is 63.3 cm³/mol. The summed E-state index contributed by atoms with van der Waals surface area (Å²) < 4.78 is 19.3. The molecule has 0 amide bonds. The van der Waals surface area contributed by atoms with Crippen molar-refractivity contribution in [3.8, 4) is 0 Å². The third-order valence-electron chi connectivity index (χ3n) is 4.28. The van der Waals surface area contributed by atoms with Crippen molar-refractivity contribution in [1.29, 1.82) is 0 Å². The fourth-order valence-corrected chi connectivity index (χ4v) is 2.97. The Morgan fingerprint density at radius 1 is 1.60 bits per heavy atom. The summed E-state index contributed by atoms with van der Waals surface area (Å²) in [6, 6.07) is 1.30. The average Bonchev–Trinajstić information content (AvgIpc) is 2.78. The van der Waals surface area contributed by atoms with E-state index in [1.807, 2.05) is 0 Å². The Morgan fingerprint density at radius 2 is 2.25 bits per heavy atom. The molecule has 8 nitrogen and oxygen atoms in total. The highest BCUT2D eigenvalue weighted by Gasteiger charge is 2.91. The van der Waals surface area contributed by atoms with Gasteiger partial charge in [-0.3, -0.25) is 4.57 Å². The van der Waals surface area contributed by atoms with Crippen molar-refractivity contribution < 1.29 is 24.4 Å². The van der Waals surface area contributed by atoms with Crippen LogP contribution >= 0.6 is 0 Å². The molecule has 1 saturated heterocycles. The van der Waals surface area contributed by atoms with Gasteiger partial charge in [0.1, 0.15) is 24.2 Å². The second-order valence-electron chi connectivity index (χ2n) is 5.35. The Balaban J connectivity index is 2.08. The quantitative estimate of drug-likeness (QED) is 0.491. The van der Waals surface area contributed by atoms with Crippen LogP contribution in [0.1, 0.15) is 13.2 Å². The summed E-state index contributed by atoms with van der Waals surface area (Å²) in [6.45, 7) is -0.0391. The first-order valence-electron chi connectivity index (χ1n) is 5.93. The smallest absolute Gasteiger partial charge is 0.351 e. The van der Waals surface area contributed by atoms with Crippen molar-refractivity contribution in [3.05, 3.63) is 22.7 Å². The highest BCUT2D eigenvalue weighted by molar-refractivity contribution is 5.39. The van der Waals surface area contributed by atoms with E-state index < -0.39 is 41.5 Å². The van der Waals surface area contributed by atoms with E-state index in [1.54, 1.807) is 0 Å². The molecular weight excluding hydrogens is 273 g/mol. The summed E-state index contributed by atoms with van der Waals surface area (Å²) in [4.78, 5) is 15.2. The number of hydrogen-bond acceptors (Lipinski definition) is 7. The van der Waals surface area contributed by atoms with Gasteiger partial charge < -0.3 is 25.8 Å². The molecule has 3 rings (SSSR count). The van der Waals surface area contributed by atoms with Crippen molar-refractivity contribution in [1.82, 2.24) is 9.55 Å². The molecule has 110 valence electrons. The first-order chi connectivity index (χ1) is 9.22. The number of anilines is 1. The minimum atomic E-state index is -2.18. The van der Waals surface area contributed by atoms with Gasteiger partial charge in [0.15, 0.2) is 17.4 Å². The molecule has 2 aliphatic rings. The van der Waals surface area contributed by atoms with Crippen LogP contribution in [-0.2, 0) is 4.74 Å². The van der Waals surface area contributed by atoms with E-state index in [2.05, 4.69) is 4.98 Å². The standard InChI is InChI=1S/C11H14FN3O5/c1-9(18)7(15-3-2-5(13)14-8(15)17)20-10(4-12)6(16)11(9,10)19/h2-3,6-7,16,18-19H,4H2,1H3,(H2,13,14,17)/t6?,7-,9+,10-,11-/m1/s1. The SMILES string of the molecule is C[C@]1(O)[C@H](n2ccc(N)nc2=O)O[C@]2(CF)C(O)[C@@]12O. The maximum absolute atomic E-state index is 13.1. The molecular formula is C11H14FN3O5. The Labute approximate surface area is 112 Å². The lowest BCUT2D eigenvalue weighted by Crippen LogP contribution is -2.50. The number of aromatic nitrogens is 2. The second-order valence-corrected chi connectivity index (χ2v) is 5.35. The largest absolute Gasteiger partial charge is 0.387 e. The zero-order valence-electron chi connectivity index (χ0n) is 10.5. The molecule has 0 radical (unpaired) electrons. The number of ether oxygens (including phenoxy) is 1. The summed E-state index contributed by atoms with van der Waals surface area (Å²) >= 11 is 0. The van der Waals surface area contributed by atoms with Gasteiger partial charge in [-0.15, -0.1) is 0 Å². The Bertz CT molecular complexity index is 635. The minimum Gasteiger partial charge on any atom is -0.387 e. The van der Waals surface area contributed by atoms with Crippen molar-refractivity contribution in [3.63, 3.8) is 0 Å². The average molecular weight is 287 g/mol. The highest BCUT2D eigenvalue weighted by Crippen LogP contribution is 2.66. The van der Waals surface area contributed by atoms with Crippen LogP contribution in [0.2, 0.25) is 0 Å². The Hall–Kier alpha value is -1.55. The van der Waals surface area contributed by atoms with Crippen molar-refractivity contribution >= 4 is 5.82 Å². The van der Waals surface area contributed by atoms with Gasteiger partial charge >= 0.3 is 5.69 Å². The lowest BCUT2D eigenvalue weighted by Gasteiger charge is -2.32. The van der Waals surface area contributed by atoms with Crippen molar-refractivity contribution in [2.45, 2.75) is 36.1 Å². The fourth-order valence-electron chi connectivity index (χ4n) is 2.97. The summed E-state index contributed by atoms with van der Waals surface area (Å²) in [5.74, 6) is -0.0204. The topological polar surface area (TPSA) is 131 Å². The van der Waals surface area contributed by atoms with Crippen LogP contribution in [0.3, 0.4) is 0 Å². The number of rotatable bonds is 2. The number of fused-ring (bicyclic) bond motifs is 1. The van der Waals surface area contributed by atoms with E-state index >= 15 is 0 Å². The number of nitrogens with zero attached hydrogens (tertiary/aromatic N) is 2. The van der Waals surface area contributed by atoms with Crippen LogP contribution in [0.4, 0.5) is 10.2 Å². The molecule has 20 heavy (non-hydrogen) atoms. The van der Waals surface area contributed by atoms with E-state index in [0.717, 1.165) is 11.5 Å². The van der Waals surface area contributed by atoms with Crippen LogP contribution in [0.25, 0.3) is 0 Å².